The van der Waals surface area contributed by atoms with Crippen molar-refractivity contribution in [3.05, 3.63) is 170 Å². The van der Waals surface area contributed by atoms with Gasteiger partial charge in [-0.05, 0) is 94.2 Å². The highest BCUT2D eigenvalue weighted by Gasteiger charge is 2.16. The third-order valence-electron chi connectivity index (χ3n) is 8.70. The number of hydrogen-bond acceptors (Lipinski definition) is 1. The Kier molecular flexibility index (Phi) is 7.63. The molecule has 0 spiro atoms. The van der Waals surface area contributed by atoms with E-state index in [1.165, 1.54) is 71.5 Å². The maximum atomic E-state index is 3.86. The van der Waals surface area contributed by atoms with Crippen LogP contribution in [0.3, 0.4) is 0 Å². The standard InChI is InChI=1S/C43H36N2/c1-4-10-30(2)33-12-8-13-34(27-33)35-20-23-39-37(28-35)22-25-41-40-24-21-36(32-18-16-31(17-19-32)11-9-26-44-3)29-42(40)45(43(39)41)38-14-6-5-7-15-38/h4-10,12-29,44H,1,11H2,2-3H3/b26-9-,30-10+. The fourth-order valence-corrected chi connectivity index (χ4v) is 6.40. The summed E-state index contributed by atoms with van der Waals surface area (Å²) in [7, 11) is 1.93. The van der Waals surface area contributed by atoms with Gasteiger partial charge in [-0.3, -0.25) is 0 Å². The topological polar surface area (TPSA) is 17.0 Å². The van der Waals surface area contributed by atoms with Crippen LogP contribution in [-0.2, 0) is 6.42 Å². The molecule has 1 heterocycles. The van der Waals surface area contributed by atoms with Gasteiger partial charge in [0, 0.05) is 28.9 Å². The van der Waals surface area contributed by atoms with Gasteiger partial charge < -0.3 is 9.88 Å². The van der Waals surface area contributed by atoms with Crippen LogP contribution in [0.1, 0.15) is 18.1 Å². The first-order valence-corrected chi connectivity index (χ1v) is 15.5. The molecule has 0 fully saturated rings. The van der Waals surface area contributed by atoms with Gasteiger partial charge in [-0.1, -0.05) is 122 Å². The maximum absolute atomic E-state index is 3.86. The molecule has 0 amide bonds. The third kappa shape index (κ3) is 5.36. The average molecular weight is 581 g/mol. The molecule has 0 atom stereocenters. The lowest BCUT2D eigenvalue weighted by molar-refractivity contribution is 1.08. The van der Waals surface area contributed by atoms with Gasteiger partial charge in [-0.15, -0.1) is 0 Å². The Labute approximate surface area is 265 Å². The van der Waals surface area contributed by atoms with Gasteiger partial charge in [0.05, 0.1) is 11.0 Å². The van der Waals surface area contributed by atoms with Crippen LogP contribution in [0.4, 0.5) is 0 Å². The first kappa shape index (κ1) is 28.2. The number of nitrogens with one attached hydrogen (secondary N) is 1. The molecule has 2 nitrogen and oxygen atoms in total. The second-order valence-electron chi connectivity index (χ2n) is 11.6. The fraction of sp³-hybridized carbons (Fsp3) is 0.0698. The lowest BCUT2D eigenvalue weighted by Gasteiger charge is -2.12. The number of nitrogens with zero attached hydrogens (tertiary/aromatic N) is 1. The van der Waals surface area contributed by atoms with E-state index in [9.17, 15) is 0 Å². The van der Waals surface area contributed by atoms with E-state index in [-0.39, 0.29) is 0 Å². The number of para-hydroxylation sites is 1. The molecule has 7 aromatic rings. The van der Waals surface area contributed by atoms with Crippen molar-refractivity contribution in [1.29, 1.82) is 0 Å². The van der Waals surface area contributed by atoms with Gasteiger partial charge in [-0.25, -0.2) is 0 Å². The predicted molar refractivity (Wildman–Crippen MR) is 195 cm³/mol. The predicted octanol–water partition coefficient (Wildman–Crippen LogP) is 11.1. The van der Waals surface area contributed by atoms with Crippen molar-refractivity contribution in [3.8, 4) is 27.9 Å². The summed E-state index contributed by atoms with van der Waals surface area (Å²) in [4.78, 5) is 0. The fourth-order valence-electron chi connectivity index (χ4n) is 6.40. The molecule has 45 heavy (non-hydrogen) atoms. The number of fused-ring (bicyclic) bond motifs is 5. The minimum Gasteiger partial charge on any atom is -0.394 e. The van der Waals surface area contributed by atoms with Gasteiger partial charge in [-0.2, -0.15) is 0 Å². The molecule has 0 saturated carbocycles. The van der Waals surface area contributed by atoms with Crippen molar-refractivity contribution in [1.82, 2.24) is 9.88 Å². The highest BCUT2D eigenvalue weighted by Crippen LogP contribution is 2.39. The van der Waals surface area contributed by atoms with Gasteiger partial charge in [0.15, 0.2) is 0 Å². The summed E-state index contributed by atoms with van der Waals surface area (Å²) in [5, 5.41) is 8.06. The van der Waals surface area contributed by atoms with Crippen LogP contribution < -0.4 is 5.32 Å². The zero-order valence-corrected chi connectivity index (χ0v) is 25.8. The van der Waals surface area contributed by atoms with Crippen LogP contribution in [0, 0.1) is 0 Å². The van der Waals surface area contributed by atoms with Crippen LogP contribution in [-0.4, -0.2) is 11.6 Å². The molecule has 1 aromatic heterocycles. The first-order chi connectivity index (χ1) is 22.1. The van der Waals surface area contributed by atoms with E-state index in [1.807, 2.05) is 19.3 Å². The molecule has 7 rings (SSSR count). The van der Waals surface area contributed by atoms with Crippen LogP contribution in [0.15, 0.2) is 158 Å². The van der Waals surface area contributed by atoms with Crippen LogP contribution in [0.25, 0.3) is 66.1 Å². The quantitative estimate of drug-likeness (QED) is 0.177. The molecule has 0 radical (unpaired) electrons. The summed E-state index contributed by atoms with van der Waals surface area (Å²) >= 11 is 0. The monoisotopic (exact) mass is 580 g/mol. The van der Waals surface area contributed by atoms with Gasteiger partial charge >= 0.3 is 0 Å². The van der Waals surface area contributed by atoms with Crippen molar-refractivity contribution in [2.75, 3.05) is 7.05 Å². The summed E-state index contributed by atoms with van der Waals surface area (Å²) < 4.78 is 2.44. The third-order valence-corrected chi connectivity index (χ3v) is 8.70. The van der Waals surface area contributed by atoms with E-state index in [0.717, 1.165) is 12.1 Å². The highest BCUT2D eigenvalue weighted by molar-refractivity contribution is 6.19. The normalized spacial score (nSPS) is 12.0. The highest BCUT2D eigenvalue weighted by atomic mass is 15.0. The van der Waals surface area contributed by atoms with Crippen LogP contribution in [0.2, 0.25) is 0 Å². The second-order valence-corrected chi connectivity index (χ2v) is 11.6. The van der Waals surface area contributed by atoms with E-state index in [0.29, 0.717) is 0 Å². The molecule has 0 aliphatic heterocycles. The Bertz CT molecular complexity index is 2230. The van der Waals surface area contributed by atoms with E-state index in [1.54, 1.807) is 0 Å². The number of hydrogen-bond donors (Lipinski definition) is 1. The smallest absolute Gasteiger partial charge is 0.0619 e. The first-order valence-electron chi connectivity index (χ1n) is 15.5. The molecular formula is C43H36N2. The molecule has 0 unspecified atom stereocenters. The summed E-state index contributed by atoms with van der Waals surface area (Å²) in [6, 6.07) is 46.8. The molecule has 2 heteroatoms. The zero-order valence-electron chi connectivity index (χ0n) is 25.8. The van der Waals surface area contributed by atoms with E-state index >= 15 is 0 Å². The lowest BCUT2D eigenvalue weighted by atomic mass is 9.96. The Morgan fingerprint density at radius 1 is 0.689 bits per heavy atom. The van der Waals surface area contributed by atoms with Crippen LogP contribution in [0.5, 0.6) is 0 Å². The Morgan fingerprint density at radius 2 is 1.40 bits per heavy atom. The summed E-state index contributed by atoms with van der Waals surface area (Å²) in [5.41, 5.74) is 12.2. The summed E-state index contributed by atoms with van der Waals surface area (Å²) in [6.07, 6.45) is 8.94. The van der Waals surface area contributed by atoms with E-state index in [4.69, 9.17) is 0 Å². The lowest BCUT2D eigenvalue weighted by Crippen LogP contribution is -1.94. The van der Waals surface area contributed by atoms with Gasteiger partial charge in [0.1, 0.15) is 0 Å². The minimum absolute atomic E-state index is 0.911. The number of allylic oxidation sites excluding steroid dienone is 4. The molecule has 1 N–H and O–H groups in total. The number of benzene rings is 6. The van der Waals surface area contributed by atoms with E-state index < -0.39 is 0 Å². The molecular weight excluding hydrogens is 544 g/mol. The minimum atomic E-state index is 0.911. The number of rotatable bonds is 8. The molecule has 0 saturated heterocycles. The number of aromatic nitrogens is 1. The average Bonchev–Trinajstić information content (AvgIpc) is 3.43. The zero-order chi connectivity index (χ0) is 30.8. The molecule has 218 valence electrons. The van der Waals surface area contributed by atoms with Crippen LogP contribution >= 0.6 is 0 Å². The molecule has 0 aliphatic carbocycles. The van der Waals surface area contributed by atoms with Crippen molar-refractivity contribution in [3.63, 3.8) is 0 Å². The maximum Gasteiger partial charge on any atom is 0.0619 e. The molecule has 0 bridgehead atoms. The molecule has 6 aromatic carbocycles. The Balaban J connectivity index is 1.39. The Hall–Kier alpha value is -5.60. The SMILES string of the molecule is C=C/C=C(\C)c1cccc(-c2ccc3c(ccc4c5ccc(-c6ccc(C/C=C\NC)cc6)cc5n(-c5ccccc5)c34)c2)c1. The van der Waals surface area contributed by atoms with Crippen molar-refractivity contribution in [2.45, 2.75) is 13.3 Å². The second kappa shape index (κ2) is 12.2. The van der Waals surface area contributed by atoms with Crippen molar-refractivity contribution >= 4 is 38.2 Å². The summed E-state index contributed by atoms with van der Waals surface area (Å²) in [5.74, 6) is 0. The summed E-state index contributed by atoms with van der Waals surface area (Å²) in [6.45, 7) is 5.99. The molecule has 0 aliphatic rings. The van der Waals surface area contributed by atoms with Gasteiger partial charge in [0.25, 0.3) is 0 Å². The van der Waals surface area contributed by atoms with Gasteiger partial charge in [0.2, 0.25) is 0 Å². The largest absolute Gasteiger partial charge is 0.394 e. The van der Waals surface area contributed by atoms with E-state index in [2.05, 4.69) is 163 Å². The Morgan fingerprint density at radius 3 is 2.18 bits per heavy atom. The van der Waals surface area contributed by atoms with Crippen molar-refractivity contribution in [2.24, 2.45) is 0 Å². The van der Waals surface area contributed by atoms with Crippen molar-refractivity contribution < 1.29 is 0 Å².